The molecular weight excluding hydrogens is 172 g/mol. The summed E-state index contributed by atoms with van der Waals surface area (Å²) in [4.78, 5) is 5.48. The second-order valence-corrected chi connectivity index (χ2v) is 3.48. The molecule has 0 atom stereocenters. The average Bonchev–Trinajstić information content (AvgIpc) is 2.75. The first kappa shape index (κ1) is 7.49. The van der Waals surface area contributed by atoms with Crippen molar-refractivity contribution in [1.82, 2.24) is 10.1 Å². The molecule has 0 aliphatic rings. The maximum absolute atomic E-state index is 4.98. The van der Waals surface area contributed by atoms with E-state index in [1.54, 1.807) is 17.5 Å². The van der Waals surface area contributed by atoms with Gasteiger partial charge in [0.05, 0.1) is 6.20 Å². The summed E-state index contributed by atoms with van der Waals surface area (Å²) in [6, 6.07) is 1.82. The first-order chi connectivity index (χ1) is 5.90. The van der Waals surface area contributed by atoms with Gasteiger partial charge in [0.2, 0.25) is 0 Å². The SMILES string of the molecule is CCc1cnc(-c2ccno2)s1. The molecule has 0 aliphatic heterocycles. The second kappa shape index (κ2) is 3.06. The van der Waals surface area contributed by atoms with Crippen molar-refractivity contribution in [3.05, 3.63) is 23.3 Å². The van der Waals surface area contributed by atoms with Gasteiger partial charge < -0.3 is 4.52 Å². The fraction of sp³-hybridized carbons (Fsp3) is 0.250. The summed E-state index contributed by atoms with van der Waals surface area (Å²) in [6.07, 6.45) is 4.52. The zero-order valence-electron chi connectivity index (χ0n) is 6.65. The normalized spacial score (nSPS) is 10.4. The van der Waals surface area contributed by atoms with Crippen molar-refractivity contribution in [1.29, 1.82) is 0 Å². The fourth-order valence-corrected chi connectivity index (χ4v) is 1.72. The average molecular weight is 180 g/mol. The lowest BCUT2D eigenvalue weighted by molar-refractivity contribution is 0.432. The van der Waals surface area contributed by atoms with Crippen LogP contribution in [0.2, 0.25) is 0 Å². The number of hydrogen-bond donors (Lipinski definition) is 0. The maximum atomic E-state index is 4.98. The van der Waals surface area contributed by atoms with Crippen LogP contribution in [0, 0.1) is 0 Å². The summed E-state index contributed by atoms with van der Waals surface area (Å²) >= 11 is 1.65. The highest BCUT2D eigenvalue weighted by molar-refractivity contribution is 7.14. The van der Waals surface area contributed by atoms with E-state index in [0.717, 1.165) is 17.2 Å². The Hall–Kier alpha value is -1.16. The molecular formula is C8H8N2OS. The first-order valence-electron chi connectivity index (χ1n) is 3.76. The summed E-state index contributed by atoms with van der Waals surface area (Å²) in [5.74, 6) is 0.750. The standard InChI is InChI=1S/C8H8N2OS/c1-2-6-5-9-8(12-6)7-3-4-10-11-7/h3-5H,2H2,1H3. The van der Waals surface area contributed by atoms with Crippen LogP contribution in [0.1, 0.15) is 11.8 Å². The number of aromatic nitrogens is 2. The van der Waals surface area contributed by atoms with Crippen LogP contribution < -0.4 is 0 Å². The lowest BCUT2D eigenvalue weighted by Crippen LogP contribution is -1.66. The van der Waals surface area contributed by atoms with Crippen LogP contribution in [0.25, 0.3) is 10.8 Å². The molecule has 2 aromatic rings. The number of aryl methyl sites for hydroxylation is 1. The van der Waals surface area contributed by atoms with E-state index in [0.29, 0.717) is 0 Å². The molecule has 0 fully saturated rings. The molecule has 3 nitrogen and oxygen atoms in total. The van der Waals surface area contributed by atoms with Crippen LogP contribution in [0.5, 0.6) is 0 Å². The molecule has 62 valence electrons. The van der Waals surface area contributed by atoms with E-state index >= 15 is 0 Å². The van der Waals surface area contributed by atoms with Gasteiger partial charge in [0, 0.05) is 17.1 Å². The molecule has 2 aromatic heterocycles. The number of rotatable bonds is 2. The summed E-state index contributed by atoms with van der Waals surface area (Å²) in [6.45, 7) is 2.11. The van der Waals surface area contributed by atoms with Gasteiger partial charge in [-0.2, -0.15) is 0 Å². The van der Waals surface area contributed by atoms with Crippen LogP contribution in [0.15, 0.2) is 23.0 Å². The lowest BCUT2D eigenvalue weighted by atomic mass is 10.4. The van der Waals surface area contributed by atoms with Gasteiger partial charge in [0.25, 0.3) is 0 Å². The zero-order chi connectivity index (χ0) is 8.39. The Balaban J connectivity index is 2.35. The summed E-state index contributed by atoms with van der Waals surface area (Å²) in [5.41, 5.74) is 0. The minimum absolute atomic E-state index is 0.750. The predicted octanol–water partition coefficient (Wildman–Crippen LogP) is 2.36. The molecule has 0 amide bonds. The topological polar surface area (TPSA) is 38.9 Å². The molecule has 0 bridgehead atoms. The van der Waals surface area contributed by atoms with Crippen LogP contribution in [-0.2, 0) is 6.42 Å². The van der Waals surface area contributed by atoms with Crippen molar-refractivity contribution in [3.63, 3.8) is 0 Å². The highest BCUT2D eigenvalue weighted by atomic mass is 32.1. The van der Waals surface area contributed by atoms with Gasteiger partial charge in [-0.25, -0.2) is 4.98 Å². The predicted molar refractivity (Wildman–Crippen MR) is 47.0 cm³/mol. The van der Waals surface area contributed by atoms with Crippen LogP contribution in [0.4, 0.5) is 0 Å². The zero-order valence-corrected chi connectivity index (χ0v) is 7.47. The molecule has 0 unspecified atom stereocenters. The molecule has 0 aliphatic carbocycles. The summed E-state index contributed by atoms with van der Waals surface area (Å²) < 4.78 is 4.98. The number of hydrogen-bond acceptors (Lipinski definition) is 4. The Morgan fingerprint density at radius 3 is 3.08 bits per heavy atom. The minimum Gasteiger partial charge on any atom is -0.354 e. The van der Waals surface area contributed by atoms with E-state index in [2.05, 4.69) is 17.1 Å². The summed E-state index contributed by atoms with van der Waals surface area (Å²) in [5, 5.41) is 4.53. The third-order valence-electron chi connectivity index (χ3n) is 1.55. The molecule has 0 spiro atoms. The molecule has 0 saturated carbocycles. The monoisotopic (exact) mass is 180 g/mol. The van der Waals surface area contributed by atoms with E-state index in [4.69, 9.17) is 4.52 Å². The molecule has 2 heterocycles. The lowest BCUT2D eigenvalue weighted by Gasteiger charge is -1.83. The number of thiazole rings is 1. The van der Waals surface area contributed by atoms with Crippen molar-refractivity contribution in [2.75, 3.05) is 0 Å². The van der Waals surface area contributed by atoms with Crippen LogP contribution >= 0.6 is 11.3 Å². The highest BCUT2D eigenvalue weighted by Gasteiger charge is 2.05. The number of nitrogens with zero attached hydrogens (tertiary/aromatic N) is 2. The van der Waals surface area contributed by atoms with E-state index in [9.17, 15) is 0 Å². The third kappa shape index (κ3) is 1.25. The van der Waals surface area contributed by atoms with Crippen molar-refractivity contribution in [2.45, 2.75) is 13.3 Å². The molecule has 0 N–H and O–H groups in total. The van der Waals surface area contributed by atoms with Gasteiger partial charge in [-0.05, 0) is 6.42 Å². The van der Waals surface area contributed by atoms with Gasteiger partial charge in [0.1, 0.15) is 0 Å². The van der Waals surface area contributed by atoms with E-state index in [-0.39, 0.29) is 0 Å². The van der Waals surface area contributed by atoms with Crippen molar-refractivity contribution in [3.8, 4) is 10.8 Å². The molecule has 4 heteroatoms. The third-order valence-corrected chi connectivity index (χ3v) is 2.71. The Labute approximate surface area is 74.0 Å². The maximum Gasteiger partial charge on any atom is 0.195 e. The van der Waals surface area contributed by atoms with Gasteiger partial charge in [-0.3, -0.25) is 0 Å². The van der Waals surface area contributed by atoms with E-state index < -0.39 is 0 Å². The second-order valence-electron chi connectivity index (χ2n) is 2.36. The molecule has 0 radical (unpaired) electrons. The van der Waals surface area contributed by atoms with Crippen molar-refractivity contribution >= 4 is 11.3 Å². The van der Waals surface area contributed by atoms with Crippen LogP contribution in [0.3, 0.4) is 0 Å². The molecule has 0 aromatic carbocycles. The van der Waals surface area contributed by atoms with Crippen molar-refractivity contribution < 1.29 is 4.52 Å². The Morgan fingerprint density at radius 1 is 1.58 bits per heavy atom. The van der Waals surface area contributed by atoms with Crippen molar-refractivity contribution in [2.24, 2.45) is 0 Å². The van der Waals surface area contributed by atoms with E-state index in [1.807, 2.05) is 12.3 Å². The molecule has 2 rings (SSSR count). The van der Waals surface area contributed by atoms with Gasteiger partial charge in [-0.15, -0.1) is 11.3 Å². The van der Waals surface area contributed by atoms with Gasteiger partial charge >= 0.3 is 0 Å². The molecule has 0 saturated heterocycles. The smallest absolute Gasteiger partial charge is 0.195 e. The quantitative estimate of drug-likeness (QED) is 0.712. The molecule has 12 heavy (non-hydrogen) atoms. The largest absolute Gasteiger partial charge is 0.354 e. The van der Waals surface area contributed by atoms with E-state index in [1.165, 1.54) is 4.88 Å². The first-order valence-corrected chi connectivity index (χ1v) is 4.57. The fourth-order valence-electron chi connectivity index (χ4n) is 0.911. The van der Waals surface area contributed by atoms with Gasteiger partial charge in [-0.1, -0.05) is 12.1 Å². The Morgan fingerprint density at radius 2 is 2.50 bits per heavy atom. The highest BCUT2D eigenvalue weighted by Crippen LogP contribution is 2.24. The van der Waals surface area contributed by atoms with Gasteiger partial charge in [0.15, 0.2) is 10.8 Å². The van der Waals surface area contributed by atoms with Crippen LogP contribution in [-0.4, -0.2) is 10.1 Å². The Kier molecular flexibility index (Phi) is 1.91. The Bertz CT molecular complexity index is 353. The summed E-state index contributed by atoms with van der Waals surface area (Å²) in [7, 11) is 0. The minimum atomic E-state index is 0.750.